The van der Waals surface area contributed by atoms with Gasteiger partial charge < -0.3 is 20.4 Å². The number of benzene rings is 1. The van der Waals surface area contributed by atoms with Gasteiger partial charge in [0.15, 0.2) is 0 Å². The number of pyridine rings is 2. The van der Waals surface area contributed by atoms with Crippen LogP contribution >= 0.6 is 0 Å². The number of anilines is 2. The Balaban J connectivity index is 1.27. The van der Waals surface area contributed by atoms with E-state index in [1.165, 1.54) is 0 Å². The summed E-state index contributed by atoms with van der Waals surface area (Å²) in [5, 5.41) is 6.07. The Morgan fingerprint density at radius 2 is 1.37 bits per heavy atom. The first-order chi connectivity index (χ1) is 17.1. The molecule has 2 N–H and O–H groups in total. The molecule has 2 fully saturated rings. The predicted octanol–water partition coefficient (Wildman–Crippen LogP) is 5.52. The molecule has 4 amide bonds. The fourth-order valence-electron chi connectivity index (χ4n) is 5.00. The van der Waals surface area contributed by atoms with Crippen molar-refractivity contribution in [1.82, 2.24) is 19.8 Å². The lowest BCUT2D eigenvalue weighted by molar-refractivity contribution is 0.205. The fourth-order valence-corrected chi connectivity index (χ4v) is 5.00. The lowest BCUT2D eigenvalue weighted by atomic mass is 10.1. The van der Waals surface area contributed by atoms with Gasteiger partial charge in [-0.25, -0.2) is 9.59 Å². The normalized spacial score (nSPS) is 19.6. The van der Waals surface area contributed by atoms with Crippen LogP contribution in [0.2, 0.25) is 0 Å². The average molecular weight is 471 g/mol. The minimum Gasteiger partial charge on any atom is -0.316 e. The van der Waals surface area contributed by atoms with Crippen LogP contribution in [0.4, 0.5) is 21.0 Å². The lowest BCUT2D eigenvalue weighted by Crippen LogP contribution is -2.35. The molecular weight excluding hydrogens is 440 g/mol. The predicted molar refractivity (Wildman–Crippen MR) is 135 cm³/mol. The van der Waals surface area contributed by atoms with Gasteiger partial charge in [0.25, 0.3) is 0 Å². The molecular formula is C27H30N6O2. The first kappa shape index (κ1) is 22.8. The van der Waals surface area contributed by atoms with Crippen LogP contribution in [0.25, 0.3) is 0 Å². The van der Waals surface area contributed by atoms with Crippen LogP contribution in [0.1, 0.15) is 54.7 Å². The van der Waals surface area contributed by atoms with Gasteiger partial charge in [-0.2, -0.15) is 0 Å². The molecule has 0 radical (unpaired) electrons. The van der Waals surface area contributed by atoms with E-state index < -0.39 is 0 Å². The zero-order chi connectivity index (χ0) is 24.2. The molecule has 2 aromatic heterocycles. The van der Waals surface area contributed by atoms with Crippen LogP contribution in [0.5, 0.6) is 0 Å². The van der Waals surface area contributed by atoms with Crippen molar-refractivity contribution in [2.24, 2.45) is 0 Å². The molecule has 4 heterocycles. The highest BCUT2D eigenvalue weighted by atomic mass is 16.2. The molecule has 0 bridgehead atoms. The summed E-state index contributed by atoms with van der Waals surface area (Å²) in [4.78, 5) is 38.9. The highest BCUT2D eigenvalue weighted by molar-refractivity contribution is 5.94. The van der Waals surface area contributed by atoms with E-state index in [-0.39, 0.29) is 24.1 Å². The molecule has 2 unspecified atom stereocenters. The number of hydrogen-bond donors (Lipinski definition) is 2. The van der Waals surface area contributed by atoms with E-state index in [1.807, 2.05) is 71.3 Å². The van der Waals surface area contributed by atoms with Gasteiger partial charge in [-0.05, 0) is 74.6 Å². The highest BCUT2D eigenvalue weighted by Gasteiger charge is 2.32. The van der Waals surface area contributed by atoms with Crippen LogP contribution in [0.3, 0.4) is 0 Å². The Morgan fingerprint density at radius 1 is 0.800 bits per heavy atom. The number of hydrogen-bond acceptors (Lipinski definition) is 4. The van der Waals surface area contributed by atoms with E-state index in [0.29, 0.717) is 24.5 Å². The zero-order valence-corrected chi connectivity index (χ0v) is 19.9. The van der Waals surface area contributed by atoms with Gasteiger partial charge in [0.05, 0.1) is 23.5 Å². The molecule has 8 nitrogen and oxygen atoms in total. The van der Waals surface area contributed by atoms with Crippen LogP contribution in [-0.2, 0) is 0 Å². The van der Waals surface area contributed by atoms with Gasteiger partial charge in [0.1, 0.15) is 0 Å². The van der Waals surface area contributed by atoms with Gasteiger partial charge in [-0.15, -0.1) is 0 Å². The average Bonchev–Trinajstić information content (AvgIpc) is 3.57. The Bertz CT molecular complexity index is 1190. The molecule has 0 aliphatic carbocycles. The quantitative estimate of drug-likeness (QED) is 0.525. The fraction of sp³-hybridized carbons (Fsp3) is 0.333. The van der Waals surface area contributed by atoms with Crippen molar-refractivity contribution in [3.8, 4) is 0 Å². The number of aromatic nitrogens is 2. The van der Waals surface area contributed by atoms with Crippen molar-refractivity contribution in [1.29, 1.82) is 0 Å². The van der Waals surface area contributed by atoms with Crippen molar-refractivity contribution >= 4 is 23.4 Å². The van der Waals surface area contributed by atoms with E-state index in [4.69, 9.17) is 0 Å². The number of nitrogens with zero attached hydrogens (tertiary/aromatic N) is 4. The second-order valence-electron chi connectivity index (χ2n) is 9.10. The molecule has 180 valence electrons. The lowest BCUT2D eigenvalue weighted by Gasteiger charge is -2.26. The number of likely N-dealkylation sites (tertiary alicyclic amines) is 2. The first-order valence-electron chi connectivity index (χ1n) is 12.2. The third kappa shape index (κ3) is 4.96. The molecule has 3 aromatic rings. The number of carbonyl (C=O) groups excluding carboxylic acids is 2. The summed E-state index contributed by atoms with van der Waals surface area (Å²) in [7, 11) is 0. The Kier molecular flexibility index (Phi) is 6.61. The summed E-state index contributed by atoms with van der Waals surface area (Å²) in [5.74, 6) is 0. The SMILES string of the molecule is Cc1ccc(NC(=O)N2CCCC2c2ccccn2)cc1NC(=O)N1CCCC1c1ccccn1. The van der Waals surface area contributed by atoms with Gasteiger partial charge in [-0.3, -0.25) is 9.97 Å². The van der Waals surface area contributed by atoms with Crippen LogP contribution in [0, 0.1) is 6.92 Å². The molecule has 35 heavy (non-hydrogen) atoms. The Hall–Kier alpha value is -3.94. The molecule has 2 saturated heterocycles. The van der Waals surface area contributed by atoms with Gasteiger partial charge in [0.2, 0.25) is 0 Å². The summed E-state index contributed by atoms with van der Waals surface area (Å²) in [6.07, 6.45) is 7.20. The van der Waals surface area contributed by atoms with Crippen molar-refractivity contribution in [3.05, 3.63) is 83.9 Å². The first-order valence-corrected chi connectivity index (χ1v) is 12.2. The second kappa shape index (κ2) is 10.1. The number of aryl methyl sites for hydroxylation is 1. The minimum absolute atomic E-state index is 0.0282. The summed E-state index contributed by atoms with van der Waals surface area (Å²) in [6, 6.07) is 16.8. The van der Waals surface area contributed by atoms with E-state index >= 15 is 0 Å². The maximum Gasteiger partial charge on any atom is 0.322 e. The molecule has 5 rings (SSSR count). The molecule has 2 aliphatic heterocycles. The number of carbonyl (C=O) groups is 2. The van der Waals surface area contributed by atoms with E-state index in [1.54, 1.807) is 12.4 Å². The monoisotopic (exact) mass is 470 g/mol. The van der Waals surface area contributed by atoms with Gasteiger partial charge in [0, 0.05) is 36.9 Å². The molecule has 2 aliphatic rings. The van der Waals surface area contributed by atoms with Gasteiger partial charge in [-0.1, -0.05) is 18.2 Å². The van der Waals surface area contributed by atoms with E-state index in [9.17, 15) is 9.59 Å². The number of rotatable bonds is 4. The molecule has 1 aromatic carbocycles. The topological polar surface area (TPSA) is 90.5 Å². The Morgan fingerprint density at radius 3 is 1.91 bits per heavy atom. The smallest absolute Gasteiger partial charge is 0.316 e. The van der Waals surface area contributed by atoms with Crippen molar-refractivity contribution in [2.45, 2.75) is 44.7 Å². The third-order valence-electron chi connectivity index (χ3n) is 6.82. The van der Waals surface area contributed by atoms with Crippen LogP contribution in [-0.4, -0.2) is 44.9 Å². The summed E-state index contributed by atoms with van der Waals surface area (Å²) in [5.41, 5.74) is 4.07. The summed E-state index contributed by atoms with van der Waals surface area (Å²) < 4.78 is 0. The minimum atomic E-state index is -0.158. The zero-order valence-electron chi connectivity index (χ0n) is 19.9. The highest BCUT2D eigenvalue weighted by Crippen LogP contribution is 2.33. The number of urea groups is 2. The standard InChI is InChI=1S/C27H30N6O2/c1-19-12-13-20(30-26(34)32-16-6-10-24(32)21-8-2-4-14-28-21)18-23(19)31-27(35)33-17-7-11-25(33)22-9-3-5-15-29-22/h2-5,8-9,12-15,18,24-25H,6-7,10-11,16-17H2,1H3,(H,30,34)(H,31,35). The van der Waals surface area contributed by atoms with Crippen molar-refractivity contribution in [2.75, 3.05) is 23.7 Å². The van der Waals surface area contributed by atoms with Gasteiger partial charge >= 0.3 is 12.1 Å². The van der Waals surface area contributed by atoms with Crippen molar-refractivity contribution < 1.29 is 9.59 Å². The van der Waals surface area contributed by atoms with E-state index in [0.717, 1.165) is 42.6 Å². The Labute approximate surface area is 205 Å². The summed E-state index contributed by atoms with van der Waals surface area (Å²) >= 11 is 0. The largest absolute Gasteiger partial charge is 0.322 e. The summed E-state index contributed by atoms with van der Waals surface area (Å²) in [6.45, 7) is 3.32. The maximum atomic E-state index is 13.2. The van der Waals surface area contributed by atoms with Crippen LogP contribution < -0.4 is 10.6 Å². The number of amides is 4. The molecule has 8 heteroatoms. The second-order valence-corrected chi connectivity index (χ2v) is 9.10. The maximum absolute atomic E-state index is 13.2. The molecule has 0 spiro atoms. The van der Waals surface area contributed by atoms with Crippen molar-refractivity contribution in [3.63, 3.8) is 0 Å². The third-order valence-corrected chi connectivity index (χ3v) is 6.82. The van der Waals surface area contributed by atoms with E-state index in [2.05, 4.69) is 20.6 Å². The molecule has 2 atom stereocenters. The number of nitrogens with one attached hydrogen (secondary N) is 2. The van der Waals surface area contributed by atoms with Crippen LogP contribution in [0.15, 0.2) is 67.0 Å². The molecule has 0 saturated carbocycles.